The zero-order valence-electron chi connectivity index (χ0n) is 35.3. The van der Waals surface area contributed by atoms with Crippen molar-refractivity contribution in [1.29, 1.82) is 0 Å². The van der Waals surface area contributed by atoms with Crippen molar-refractivity contribution < 1.29 is 4.42 Å². The maximum absolute atomic E-state index is 6.86. The Bertz CT molecular complexity index is 3660. The van der Waals surface area contributed by atoms with Crippen LogP contribution in [-0.2, 0) is 0 Å². The summed E-state index contributed by atoms with van der Waals surface area (Å²) in [5.74, 6) is 1.77. The van der Waals surface area contributed by atoms with E-state index in [1.165, 1.54) is 33.0 Å². The summed E-state index contributed by atoms with van der Waals surface area (Å²) in [5, 5.41) is 4.35. The Labute approximate surface area is 376 Å². The average molecular weight is 830 g/mol. The number of aromatic nitrogens is 3. The predicted molar refractivity (Wildman–Crippen MR) is 268 cm³/mol. The monoisotopic (exact) mass is 829 g/mol. The standard InChI is InChI=1S/C61H39N3O/c1-4-14-40(15-5-1)42-26-28-44(29-27-42)45-32-36-48(37-33-45)60-62-59(47-34-30-43(31-35-47)41-16-6-2-7-17-41)63-61(64-60)54-24-13-25-56-57(54)53-23-12-22-52(58(53)65-56)50-38-49-20-10-11-21-51(49)55(39-50)46-18-8-3-9-19-46/h1-39H. The van der Waals surface area contributed by atoms with E-state index < -0.39 is 0 Å². The van der Waals surface area contributed by atoms with Crippen LogP contribution in [0.3, 0.4) is 0 Å². The van der Waals surface area contributed by atoms with E-state index in [1.54, 1.807) is 0 Å². The topological polar surface area (TPSA) is 51.8 Å². The van der Waals surface area contributed by atoms with E-state index in [2.05, 4.69) is 212 Å². The number of furan rings is 1. The summed E-state index contributed by atoms with van der Waals surface area (Å²) in [4.78, 5) is 15.6. The third-order valence-electron chi connectivity index (χ3n) is 12.4. The van der Waals surface area contributed by atoms with Crippen LogP contribution in [0.1, 0.15) is 0 Å². The van der Waals surface area contributed by atoms with E-state index >= 15 is 0 Å². The number of hydrogen-bond acceptors (Lipinski definition) is 4. The fraction of sp³-hybridized carbons (Fsp3) is 0. The summed E-state index contributed by atoms with van der Waals surface area (Å²) in [7, 11) is 0. The molecule has 0 aliphatic rings. The van der Waals surface area contributed by atoms with Gasteiger partial charge in [-0.3, -0.25) is 0 Å². The van der Waals surface area contributed by atoms with Gasteiger partial charge < -0.3 is 4.42 Å². The van der Waals surface area contributed by atoms with Crippen molar-refractivity contribution in [1.82, 2.24) is 15.0 Å². The third kappa shape index (κ3) is 7.13. The Morgan fingerprint density at radius 2 is 0.692 bits per heavy atom. The molecule has 12 aromatic rings. The van der Waals surface area contributed by atoms with Gasteiger partial charge in [0.05, 0.1) is 0 Å². The third-order valence-corrected chi connectivity index (χ3v) is 12.4. The lowest BCUT2D eigenvalue weighted by atomic mass is 9.92. The van der Waals surface area contributed by atoms with Crippen molar-refractivity contribution in [2.75, 3.05) is 0 Å². The van der Waals surface area contributed by atoms with Crippen LogP contribution in [0, 0.1) is 0 Å². The fourth-order valence-electron chi connectivity index (χ4n) is 9.08. The highest BCUT2D eigenvalue weighted by Crippen LogP contribution is 2.42. The minimum atomic E-state index is 0.577. The summed E-state index contributed by atoms with van der Waals surface area (Å²) < 4.78 is 6.86. The highest BCUT2D eigenvalue weighted by atomic mass is 16.3. The molecular weight excluding hydrogens is 791 g/mol. The van der Waals surface area contributed by atoms with Crippen molar-refractivity contribution in [3.63, 3.8) is 0 Å². The van der Waals surface area contributed by atoms with Crippen molar-refractivity contribution in [3.8, 4) is 89.8 Å². The average Bonchev–Trinajstić information content (AvgIpc) is 3.79. The molecule has 304 valence electrons. The molecular formula is C61H39N3O. The van der Waals surface area contributed by atoms with Crippen LogP contribution < -0.4 is 0 Å². The van der Waals surface area contributed by atoms with Crippen molar-refractivity contribution >= 4 is 32.7 Å². The van der Waals surface area contributed by atoms with Crippen LogP contribution in [0.15, 0.2) is 241 Å². The molecule has 0 bridgehead atoms. The zero-order chi connectivity index (χ0) is 43.1. The van der Waals surface area contributed by atoms with Gasteiger partial charge in [-0.1, -0.05) is 218 Å². The van der Waals surface area contributed by atoms with Gasteiger partial charge in [0.1, 0.15) is 11.2 Å². The minimum absolute atomic E-state index is 0.577. The zero-order valence-corrected chi connectivity index (χ0v) is 35.3. The normalized spacial score (nSPS) is 11.4. The summed E-state index contributed by atoms with van der Waals surface area (Å²) in [6.07, 6.45) is 0. The predicted octanol–water partition coefficient (Wildman–Crippen LogP) is 16.3. The molecule has 0 N–H and O–H groups in total. The van der Waals surface area contributed by atoms with Gasteiger partial charge in [-0.05, 0) is 79.0 Å². The van der Waals surface area contributed by atoms with Crippen LogP contribution in [0.5, 0.6) is 0 Å². The first-order chi connectivity index (χ1) is 32.2. The van der Waals surface area contributed by atoms with Gasteiger partial charge in [-0.25, -0.2) is 15.0 Å². The van der Waals surface area contributed by atoms with E-state index in [0.717, 1.165) is 72.0 Å². The van der Waals surface area contributed by atoms with Gasteiger partial charge in [-0.15, -0.1) is 0 Å². The van der Waals surface area contributed by atoms with Crippen LogP contribution >= 0.6 is 0 Å². The number of fused-ring (bicyclic) bond motifs is 4. The lowest BCUT2D eigenvalue weighted by Crippen LogP contribution is -2.00. The highest BCUT2D eigenvalue weighted by molar-refractivity contribution is 6.15. The number of para-hydroxylation sites is 1. The van der Waals surface area contributed by atoms with Gasteiger partial charge in [0, 0.05) is 33.0 Å². The van der Waals surface area contributed by atoms with E-state index in [9.17, 15) is 0 Å². The molecule has 10 aromatic carbocycles. The molecule has 12 rings (SSSR count). The fourth-order valence-corrected chi connectivity index (χ4v) is 9.08. The van der Waals surface area contributed by atoms with Crippen LogP contribution in [0.25, 0.3) is 123 Å². The first kappa shape index (κ1) is 38.0. The molecule has 65 heavy (non-hydrogen) atoms. The summed E-state index contributed by atoms with van der Waals surface area (Å²) in [5.41, 5.74) is 15.7. The van der Waals surface area contributed by atoms with E-state index in [4.69, 9.17) is 19.4 Å². The lowest BCUT2D eigenvalue weighted by Gasteiger charge is -2.12. The maximum atomic E-state index is 6.86. The van der Waals surface area contributed by atoms with Crippen LogP contribution in [-0.4, -0.2) is 15.0 Å². The smallest absolute Gasteiger partial charge is 0.164 e. The maximum Gasteiger partial charge on any atom is 0.164 e. The molecule has 0 spiro atoms. The van der Waals surface area contributed by atoms with Gasteiger partial charge in [0.2, 0.25) is 0 Å². The molecule has 0 saturated carbocycles. The second kappa shape index (κ2) is 16.2. The second-order valence-electron chi connectivity index (χ2n) is 16.3. The molecule has 0 unspecified atom stereocenters. The Kier molecular flexibility index (Phi) is 9.46. The Morgan fingerprint density at radius 3 is 1.26 bits per heavy atom. The highest BCUT2D eigenvalue weighted by Gasteiger charge is 2.20. The largest absolute Gasteiger partial charge is 0.455 e. The number of benzene rings is 10. The molecule has 0 radical (unpaired) electrons. The van der Waals surface area contributed by atoms with E-state index in [1.807, 2.05) is 24.3 Å². The number of rotatable bonds is 8. The van der Waals surface area contributed by atoms with Gasteiger partial charge in [0.15, 0.2) is 17.5 Å². The molecule has 0 amide bonds. The minimum Gasteiger partial charge on any atom is -0.455 e. The SMILES string of the molecule is c1ccc(-c2ccc(-c3ccc(-c4nc(-c5ccc(-c6ccccc6)cc5)nc(-c5cccc6oc7c(-c8cc(-c9ccccc9)c9ccccc9c8)cccc7c56)n4)cc3)cc2)cc1. The van der Waals surface area contributed by atoms with Crippen molar-refractivity contribution in [2.45, 2.75) is 0 Å². The molecule has 0 fully saturated rings. The Morgan fingerprint density at radius 1 is 0.262 bits per heavy atom. The second-order valence-corrected chi connectivity index (χ2v) is 16.3. The summed E-state index contributed by atoms with van der Waals surface area (Å²) in [6, 6.07) is 82.9. The quantitative estimate of drug-likeness (QED) is 0.153. The molecule has 0 saturated heterocycles. The summed E-state index contributed by atoms with van der Waals surface area (Å²) in [6.45, 7) is 0. The van der Waals surface area contributed by atoms with Crippen molar-refractivity contribution in [2.24, 2.45) is 0 Å². The summed E-state index contributed by atoms with van der Waals surface area (Å²) >= 11 is 0. The van der Waals surface area contributed by atoms with Gasteiger partial charge in [-0.2, -0.15) is 0 Å². The molecule has 2 aromatic heterocycles. The Balaban J connectivity index is 0.983. The van der Waals surface area contributed by atoms with Crippen LogP contribution in [0.4, 0.5) is 0 Å². The first-order valence-corrected chi connectivity index (χ1v) is 21.9. The Hall–Kier alpha value is -8.73. The number of nitrogens with zero attached hydrogens (tertiary/aromatic N) is 3. The van der Waals surface area contributed by atoms with Crippen LogP contribution in [0.2, 0.25) is 0 Å². The first-order valence-electron chi connectivity index (χ1n) is 21.9. The molecule has 2 heterocycles. The van der Waals surface area contributed by atoms with Gasteiger partial charge >= 0.3 is 0 Å². The molecule has 4 nitrogen and oxygen atoms in total. The molecule has 4 heteroatoms. The molecule has 0 atom stereocenters. The van der Waals surface area contributed by atoms with Crippen molar-refractivity contribution in [3.05, 3.63) is 237 Å². The van der Waals surface area contributed by atoms with Gasteiger partial charge in [0.25, 0.3) is 0 Å². The number of hydrogen-bond donors (Lipinski definition) is 0. The van der Waals surface area contributed by atoms with E-state index in [0.29, 0.717) is 17.5 Å². The lowest BCUT2D eigenvalue weighted by molar-refractivity contribution is 0.670. The molecule has 0 aliphatic carbocycles. The molecule has 0 aliphatic heterocycles. The van der Waals surface area contributed by atoms with E-state index in [-0.39, 0.29) is 0 Å².